The molecular weight excluding hydrogens is 200 g/mol. The maximum Gasteiger partial charge on any atom is 0.118 e. The average molecular weight is 220 g/mol. The Hall–Kier alpha value is -1.28. The first-order valence-electron chi connectivity index (χ1n) is 5.61. The molecule has 0 saturated heterocycles. The summed E-state index contributed by atoms with van der Waals surface area (Å²) in [5.74, 6) is 0.878. The molecule has 0 fully saturated rings. The van der Waals surface area contributed by atoms with Crippen LogP contribution >= 0.6 is 0 Å². The van der Waals surface area contributed by atoms with Crippen LogP contribution in [0, 0.1) is 0 Å². The molecule has 0 N–H and O–H groups in total. The molecule has 0 heterocycles. The topological polar surface area (TPSA) is 18.5 Å². The van der Waals surface area contributed by atoms with Crippen molar-refractivity contribution in [3.05, 3.63) is 42.5 Å². The third kappa shape index (κ3) is 4.49. The predicted molar refractivity (Wildman–Crippen MR) is 66.7 cm³/mol. The van der Waals surface area contributed by atoms with Crippen molar-refractivity contribution >= 4 is 0 Å². The van der Waals surface area contributed by atoms with Gasteiger partial charge < -0.3 is 9.47 Å². The minimum absolute atomic E-state index is 0.278. The van der Waals surface area contributed by atoms with Crippen molar-refractivity contribution in [3.63, 3.8) is 0 Å². The van der Waals surface area contributed by atoms with Crippen LogP contribution in [0.1, 0.15) is 25.3 Å². The van der Waals surface area contributed by atoms with Crippen molar-refractivity contribution in [2.75, 3.05) is 7.11 Å². The molecule has 0 amide bonds. The molecule has 2 nitrogen and oxygen atoms in total. The number of hydrogen-bond acceptors (Lipinski definition) is 2. The smallest absolute Gasteiger partial charge is 0.118 e. The van der Waals surface area contributed by atoms with Crippen molar-refractivity contribution in [2.45, 2.75) is 32.5 Å². The molecule has 0 unspecified atom stereocenters. The van der Waals surface area contributed by atoms with E-state index >= 15 is 0 Å². The lowest BCUT2D eigenvalue weighted by Gasteiger charge is -2.12. The Morgan fingerprint density at radius 3 is 2.56 bits per heavy atom. The van der Waals surface area contributed by atoms with Gasteiger partial charge >= 0.3 is 0 Å². The van der Waals surface area contributed by atoms with Gasteiger partial charge in [-0.25, -0.2) is 0 Å². The molecule has 0 radical (unpaired) electrons. The number of hydrogen-bond donors (Lipinski definition) is 0. The van der Waals surface area contributed by atoms with E-state index in [1.54, 1.807) is 7.11 Å². The lowest BCUT2D eigenvalue weighted by atomic mass is 10.2. The average Bonchev–Trinajstić information content (AvgIpc) is 2.34. The summed E-state index contributed by atoms with van der Waals surface area (Å²) >= 11 is 0. The first-order chi connectivity index (χ1) is 7.76. The second-order valence-electron chi connectivity index (χ2n) is 3.84. The van der Waals surface area contributed by atoms with E-state index in [2.05, 4.69) is 13.5 Å². The highest BCUT2D eigenvalue weighted by Gasteiger charge is 2.01. The monoisotopic (exact) mass is 220 g/mol. The fourth-order valence-corrected chi connectivity index (χ4v) is 1.40. The summed E-state index contributed by atoms with van der Waals surface area (Å²) in [5, 5.41) is 0. The van der Waals surface area contributed by atoms with E-state index in [1.165, 1.54) is 5.56 Å². The number of benzene rings is 1. The van der Waals surface area contributed by atoms with Crippen molar-refractivity contribution in [2.24, 2.45) is 0 Å². The largest absolute Gasteiger partial charge is 0.497 e. The van der Waals surface area contributed by atoms with E-state index in [1.807, 2.05) is 30.3 Å². The van der Waals surface area contributed by atoms with Crippen LogP contribution in [0.5, 0.6) is 5.75 Å². The first kappa shape index (κ1) is 12.8. The highest BCUT2D eigenvalue weighted by molar-refractivity contribution is 5.26. The Kier molecular flexibility index (Phi) is 5.65. The van der Waals surface area contributed by atoms with Crippen LogP contribution in [0.4, 0.5) is 0 Å². The van der Waals surface area contributed by atoms with Gasteiger partial charge in [-0.15, -0.1) is 6.58 Å². The molecule has 1 atom stereocenters. The molecule has 0 spiro atoms. The predicted octanol–water partition coefficient (Wildman–Crippen LogP) is 3.57. The number of allylic oxidation sites excluding steroid dienone is 1. The van der Waals surface area contributed by atoms with Crippen LogP contribution in [0.15, 0.2) is 36.9 Å². The maximum atomic E-state index is 5.72. The minimum Gasteiger partial charge on any atom is -0.497 e. The molecule has 1 aromatic rings. The van der Waals surface area contributed by atoms with E-state index in [9.17, 15) is 0 Å². The molecule has 0 aliphatic carbocycles. The molecule has 0 saturated carbocycles. The molecule has 2 heteroatoms. The van der Waals surface area contributed by atoms with Crippen LogP contribution in [0.3, 0.4) is 0 Å². The summed E-state index contributed by atoms with van der Waals surface area (Å²) in [7, 11) is 1.67. The Labute approximate surface area is 97.9 Å². The van der Waals surface area contributed by atoms with Gasteiger partial charge in [0.05, 0.1) is 19.8 Å². The molecular formula is C14H20O2. The third-order valence-electron chi connectivity index (χ3n) is 2.47. The summed E-state index contributed by atoms with van der Waals surface area (Å²) in [6.45, 7) is 6.45. The van der Waals surface area contributed by atoms with Crippen molar-refractivity contribution in [1.29, 1.82) is 0 Å². The van der Waals surface area contributed by atoms with Gasteiger partial charge in [-0.3, -0.25) is 0 Å². The summed E-state index contributed by atoms with van der Waals surface area (Å²) in [6.07, 6.45) is 4.23. The van der Waals surface area contributed by atoms with Gasteiger partial charge in [0, 0.05) is 0 Å². The second-order valence-corrected chi connectivity index (χ2v) is 3.84. The Bertz CT molecular complexity index is 303. The van der Waals surface area contributed by atoms with Gasteiger partial charge in [0.15, 0.2) is 0 Å². The van der Waals surface area contributed by atoms with E-state index in [0.29, 0.717) is 6.61 Å². The molecule has 0 aliphatic heterocycles. The number of ether oxygens (including phenoxy) is 2. The Balaban J connectivity index is 2.33. The standard InChI is InChI=1S/C14H20O2/c1-4-5-6-12(2)16-11-13-7-9-14(15-3)10-8-13/h4,7-10,12H,1,5-6,11H2,2-3H3/t12-/m0/s1. The van der Waals surface area contributed by atoms with Crippen molar-refractivity contribution < 1.29 is 9.47 Å². The zero-order valence-corrected chi connectivity index (χ0v) is 10.1. The van der Waals surface area contributed by atoms with E-state index < -0.39 is 0 Å². The second kappa shape index (κ2) is 7.07. The molecule has 0 bridgehead atoms. The van der Waals surface area contributed by atoms with Crippen molar-refractivity contribution in [1.82, 2.24) is 0 Å². The Morgan fingerprint density at radius 1 is 1.31 bits per heavy atom. The van der Waals surface area contributed by atoms with Crippen LogP contribution in [-0.4, -0.2) is 13.2 Å². The summed E-state index contributed by atoms with van der Waals surface area (Å²) in [5.41, 5.74) is 1.17. The fourth-order valence-electron chi connectivity index (χ4n) is 1.40. The van der Waals surface area contributed by atoms with E-state index in [4.69, 9.17) is 9.47 Å². The molecule has 1 aromatic carbocycles. The summed E-state index contributed by atoms with van der Waals surface area (Å²) in [4.78, 5) is 0. The number of rotatable bonds is 7. The lowest BCUT2D eigenvalue weighted by Crippen LogP contribution is -2.07. The zero-order valence-electron chi connectivity index (χ0n) is 10.1. The SMILES string of the molecule is C=CCC[C@H](C)OCc1ccc(OC)cc1. The minimum atomic E-state index is 0.278. The van der Waals surface area contributed by atoms with E-state index in [-0.39, 0.29) is 6.10 Å². The normalized spacial score (nSPS) is 12.1. The molecule has 16 heavy (non-hydrogen) atoms. The first-order valence-corrected chi connectivity index (χ1v) is 5.61. The van der Waals surface area contributed by atoms with Gasteiger partial charge in [0.25, 0.3) is 0 Å². The Morgan fingerprint density at radius 2 is 2.00 bits per heavy atom. The molecule has 0 aromatic heterocycles. The lowest BCUT2D eigenvalue weighted by molar-refractivity contribution is 0.0483. The van der Waals surface area contributed by atoms with Gasteiger partial charge in [-0.1, -0.05) is 18.2 Å². The maximum absolute atomic E-state index is 5.72. The highest BCUT2D eigenvalue weighted by atomic mass is 16.5. The van der Waals surface area contributed by atoms with Gasteiger partial charge in [0.2, 0.25) is 0 Å². The summed E-state index contributed by atoms with van der Waals surface area (Å²) in [6, 6.07) is 7.96. The van der Waals surface area contributed by atoms with E-state index in [0.717, 1.165) is 18.6 Å². The quantitative estimate of drug-likeness (QED) is 0.654. The molecule has 1 rings (SSSR count). The third-order valence-corrected chi connectivity index (χ3v) is 2.47. The highest BCUT2D eigenvalue weighted by Crippen LogP contribution is 2.13. The van der Waals surface area contributed by atoms with Gasteiger partial charge in [-0.05, 0) is 37.5 Å². The van der Waals surface area contributed by atoms with Crippen LogP contribution in [0.2, 0.25) is 0 Å². The summed E-state index contributed by atoms with van der Waals surface area (Å²) < 4.78 is 10.8. The van der Waals surface area contributed by atoms with Crippen molar-refractivity contribution in [3.8, 4) is 5.75 Å². The zero-order chi connectivity index (χ0) is 11.8. The molecule has 88 valence electrons. The van der Waals surface area contributed by atoms with Crippen LogP contribution < -0.4 is 4.74 Å². The number of methoxy groups -OCH3 is 1. The molecule has 0 aliphatic rings. The van der Waals surface area contributed by atoms with Gasteiger partial charge in [0.1, 0.15) is 5.75 Å². The van der Waals surface area contributed by atoms with Gasteiger partial charge in [-0.2, -0.15) is 0 Å². The fraction of sp³-hybridized carbons (Fsp3) is 0.429. The van der Waals surface area contributed by atoms with Crippen LogP contribution in [0.25, 0.3) is 0 Å². The van der Waals surface area contributed by atoms with Crippen LogP contribution in [-0.2, 0) is 11.3 Å².